The maximum absolute atomic E-state index is 14.3. The summed E-state index contributed by atoms with van der Waals surface area (Å²) in [7, 11) is 0. The highest BCUT2D eigenvalue weighted by atomic mass is 19.1. The van der Waals surface area contributed by atoms with E-state index in [1.807, 2.05) is 0 Å². The molecule has 0 saturated heterocycles. The zero-order chi connectivity index (χ0) is 17.7. The summed E-state index contributed by atoms with van der Waals surface area (Å²) in [6, 6.07) is 7.06. The summed E-state index contributed by atoms with van der Waals surface area (Å²) >= 11 is 0. The van der Waals surface area contributed by atoms with E-state index in [0.717, 1.165) is 35.7 Å². The number of halogens is 3. The first-order chi connectivity index (χ1) is 12.0. The molecule has 130 valence electrons. The van der Waals surface area contributed by atoms with Crippen molar-refractivity contribution in [1.29, 1.82) is 0 Å². The normalized spacial score (nSPS) is 20.0. The van der Waals surface area contributed by atoms with Gasteiger partial charge in [-0.15, -0.1) is 0 Å². The highest BCUT2D eigenvalue weighted by Crippen LogP contribution is 2.48. The molecule has 3 N–H and O–H groups in total. The van der Waals surface area contributed by atoms with E-state index in [-0.39, 0.29) is 11.7 Å². The van der Waals surface area contributed by atoms with Crippen molar-refractivity contribution >= 4 is 10.9 Å². The summed E-state index contributed by atoms with van der Waals surface area (Å²) in [6.07, 6.45) is 1.80. The molecule has 25 heavy (non-hydrogen) atoms. The molecule has 2 nitrogen and oxygen atoms in total. The number of aromatic nitrogens is 1. The Labute approximate surface area is 143 Å². The van der Waals surface area contributed by atoms with Crippen LogP contribution in [0.15, 0.2) is 30.3 Å². The van der Waals surface area contributed by atoms with Gasteiger partial charge in [-0.05, 0) is 79.1 Å². The van der Waals surface area contributed by atoms with Crippen molar-refractivity contribution in [2.24, 2.45) is 11.7 Å². The zero-order valence-electron chi connectivity index (χ0n) is 13.9. The molecule has 1 aliphatic carbocycles. The van der Waals surface area contributed by atoms with Gasteiger partial charge in [0.25, 0.3) is 0 Å². The predicted molar refractivity (Wildman–Crippen MR) is 92.9 cm³/mol. The molecule has 0 amide bonds. The van der Waals surface area contributed by atoms with Crippen LogP contribution in [0.1, 0.15) is 29.9 Å². The molecule has 1 fully saturated rings. The van der Waals surface area contributed by atoms with Crippen LogP contribution in [0, 0.1) is 30.3 Å². The number of aryl methyl sites for hydroxylation is 1. The first kappa shape index (κ1) is 16.2. The zero-order valence-corrected chi connectivity index (χ0v) is 13.9. The number of rotatable bonds is 3. The van der Waals surface area contributed by atoms with Crippen LogP contribution in [0.3, 0.4) is 0 Å². The minimum atomic E-state index is -0.615. The first-order valence-corrected chi connectivity index (χ1v) is 8.45. The van der Waals surface area contributed by atoms with Crippen LogP contribution in [0.4, 0.5) is 13.2 Å². The lowest BCUT2D eigenvalue weighted by Crippen LogP contribution is -2.28. The van der Waals surface area contributed by atoms with Gasteiger partial charge in [0.05, 0.1) is 11.2 Å². The van der Waals surface area contributed by atoms with Gasteiger partial charge in [0.1, 0.15) is 17.5 Å². The number of nitrogens with two attached hydrogens (primary N) is 1. The van der Waals surface area contributed by atoms with Gasteiger partial charge in [0, 0.05) is 11.5 Å². The van der Waals surface area contributed by atoms with Gasteiger partial charge >= 0.3 is 0 Å². The molecule has 0 aliphatic heterocycles. The van der Waals surface area contributed by atoms with Crippen molar-refractivity contribution < 1.29 is 13.2 Å². The molecular weight excluding hydrogens is 325 g/mol. The van der Waals surface area contributed by atoms with Crippen LogP contribution in [0.5, 0.6) is 0 Å². The van der Waals surface area contributed by atoms with E-state index >= 15 is 0 Å². The molecule has 4 rings (SSSR count). The molecule has 0 atom stereocenters. The van der Waals surface area contributed by atoms with Crippen molar-refractivity contribution in [2.75, 3.05) is 6.54 Å². The van der Waals surface area contributed by atoms with Gasteiger partial charge in [-0.1, -0.05) is 0 Å². The number of aromatic amines is 1. The third-order valence-electron chi connectivity index (χ3n) is 5.29. The number of nitrogens with one attached hydrogen (secondary N) is 1. The van der Waals surface area contributed by atoms with E-state index < -0.39 is 11.6 Å². The van der Waals surface area contributed by atoms with Crippen molar-refractivity contribution in [2.45, 2.75) is 25.7 Å². The van der Waals surface area contributed by atoms with Crippen LogP contribution in [-0.4, -0.2) is 11.5 Å². The Bertz CT molecular complexity index is 955. The Morgan fingerprint density at radius 2 is 1.84 bits per heavy atom. The minimum absolute atomic E-state index is 0.198. The van der Waals surface area contributed by atoms with Crippen LogP contribution in [-0.2, 0) is 0 Å². The molecule has 1 saturated carbocycles. The number of benzene rings is 2. The smallest absolute Gasteiger partial charge is 0.150 e. The highest BCUT2D eigenvalue weighted by molar-refractivity contribution is 5.92. The Morgan fingerprint density at radius 1 is 1.08 bits per heavy atom. The van der Waals surface area contributed by atoms with Gasteiger partial charge in [0.15, 0.2) is 0 Å². The number of hydrogen-bond donors (Lipinski definition) is 2. The summed E-state index contributed by atoms with van der Waals surface area (Å²) < 4.78 is 41.7. The Balaban J connectivity index is 1.93. The lowest BCUT2D eigenvalue weighted by Gasteiger charge is -2.35. The van der Waals surface area contributed by atoms with Crippen molar-refractivity contribution in [3.63, 3.8) is 0 Å². The largest absolute Gasteiger partial charge is 0.352 e. The Hall–Kier alpha value is -2.27. The summed E-state index contributed by atoms with van der Waals surface area (Å²) in [6.45, 7) is 2.31. The second-order valence-electron chi connectivity index (χ2n) is 6.96. The van der Waals surface area contributed by atoms with E-state index in [1.54, 1.807) is 19.1 Å². The fraction of sp³-hybridized carbons (Fsp3) is 0.300. The molecule has 3 aromatic rings. The molecule has 2 aromatic carbocycles. The van der Waals surface area contributed by atoms with Crippen LogP contribution >= 0.6 is 0 Å². The average Bonchev–Trinajstić information content (AvgIpc) is 2.89. The molecular formula is C20H19F3N2. The van der Waals surface area contributed by atoms with Crippen molar-refractivity contribution in [3.05, 3.63) is 58.9 Å². The molecule has 0 unspecified atom stereocenters. The van der Waals surface area contributed by atoms with Crippen LogP contribution < -0.4 is 5.73 Å². The topological polar surface area (TPSA) is 41.8 Å². The SMILES string of the molecule is Cc1cc(-c2[nH]c3c(F)cc(F)cc3c2C2CC(CN)C2)ccc1F. The number of H-pyrrole nitrogens is 1. The molecule has 1 aliphatic rings. The lowest BCUT2D eigenvalue weighted by atomic mass is 9.70. The fourth-order valence-corrected chi connectivity index (χ4v) is 3.86. The van der Waals surface area contributed by atoms with E-state index in [1.165, 1.54) is 12.1 Å². The summed E-state index contributed by atoms with van der Waals surface area (Å²) in [5.41, 5.74) is 8.96. The fourth-order valence-electron chi connectivity index (χ4n) is 3.86. The second kappa shape index (κ2) is 5.92. The molecule has 1 aromatic heterocycles. The van der Waals surface area contributed by atoms with E-state index in [2.05, 4.69) is 4.98 Å². The van der Waals surface area contributed by atoms with Gasteiger partial charge in [-0.3, -0.25) is 0 Å². The molecule has 0 bridgehead atoms. The number of fused-ring (bicyclic) bond motifs is 1. The van der Waals surface area contributed by atoms with E-state index in [4.69, 9.17) is 5.73 Å². The molecule has 0 radical (unpaired) electrons. The maximum atomic E-state index is 14.3. The highest BCUT2D eigenvalue weighted by Gasteiger charge is 2.33. The van der Waals surface area contributed by atoms with Gasteiger partial charge in [-0.2, -0.15) is 0 Å². The molecule has 1 heterocycles. The molecule has 0 spiro atoms. The third-order valence-corrected chi connectivity index (χ3v) is 5.29. The minimum Gasteiger partial charge on any atom is -0.352 e. The standard InChI is InChI=1S/C20H19F3N2/c1-10-4-12(2-3-16(10)22)19-18(13-5-11(6-13)9-24)15-7-14(21)8-17(23)20(15)25-19/h2-4,7-8,11,13,25H,5-6,9,24H2,1H3. The van der Waals surface area contributed by atoms with Gasteiger partial charge in [0.2, 0.25) is 0 Å². The average molecular weight is 344 g/mol. The molecule has 5 heteroatoms. The lowest BCUT2D eigenvalue weighted by molar-refractivity contribution is 0.274. The summed E-state index contributed by atoms with van der Waals surface area (Å²) in [4.78, 5) is 3.11. The van der Waals surface area contributed by atoms with Crippen molar-refractivity contribution in [1.82, 2.24) is 4.98 Å². The van der Waals surface area contributed by atoms with Crippen LogP contribution in [0.2, 0.25) is 0 Å². The van der Waals surface area contributed by atoms with E-state index in [9.17, 15) is 13.2 Å². The van der Waals surface area contributed by atoms with Crippen LogP contribution in [0.25, 0.3) is 22.2 Å². The van der Waals surface area contributed by atoms with Gasteiger partial charge < -0.3 is 10.7 Å². The Morgan fingerprint density at radius 3 is 2.52 bits per heavy atom. The number of hydrogen-bond acceptors (Lipinski definition) is 1. The van der Waals surface area contributed by atoms with E-state index in [0.29, 0.717) is 28.9 Å². The Kier molecular flexibility index (Phi) is 3.84. The maximum Gasteiger partial charge on any atom is 0.150 e. The van der Waals surface area contributed by atoms with Crippen molar-refractivity contribution in [3.8, 4) is 11.3 Å². The summed E-state index contributed by atoms with van der Waals surface area (Å²) in [5.74, 6) is -0.858. The quantitative estimate of drug-likeness (QED) is 0.689. The third kappa shape index (κ3) is 2.63. The second-order valence-corrected chi connectivity index (χ2v) is 6.96. The monoisotopic (exact) mass is 344 g/mol. The van der Waals surface area contributed by atoms with Gasteiger partial charge in [-0.25, -0.2) is 13.2 Å². The first-order valence-electron chi connectivity index (χ1n) is 8.45. The predicted octanol–water partition coefficient (Wildman–Crippen LogP) is 5.01. The summed E-state index contributed by atoms with van der Waals surface area (Å²) in [5, 5.41) is 0.565.